The fourth-order valence-electron chi connectivity index (χ4n) is 4.45. The Bertz CT molecular complexity index is 261. The summed E-state index contributed by atoms with van der Waals surface area (Å²) in [6.45, 7) is 29.8. The van der Waals surface area contributed by atoms with Crippen LogP contribution in [0.5, 0.6) is 0 Å². The van der Waals surface area contributed by atoms with Crippen LogP contribution in [0.3, 0.4) is 0 Å². The van der Waals surface area contributed by atoms with Gasteiger partial charge in [-0.25, -0.2) is 0 Å². The maximum Gasteiger partial charge on any atom is 0.187 e. The van der Waals surface area contributed by atoms with E-state index in [4.69, 9.17) is 4.43 Å². The highest BCUT2D eigenvalue weighted by Gasteiger charge is 2.39. The van der Waals surface area contributed by atoms with Crippen molar-refractivity contribution in [3.05, 3.63) is 0 Å². The van der Waals surface area contributed by atoms with Crippen molar-refractivity contribution in [3.63, 3.8) is 0 Å². The molecule has 3 heteroatoms. The van der Waals surface area contributed by atoms with Gasteiger partial charge in [0.25, 0.3) is 0 Å². The molecule has 0 radical (unpaired) electrons. The van der Waals surface area contributed by atoms with E-state index < -0.39 is 17.8 Å². The second-order valence-electron chi connectivity index (χ2n) is 11.4. The molecular weight excluding hydrogens is 300 g/mol. The van der Waals surface area contributed by atoms with Gasteiger partial charge in [0.1, 0.15) is 0 Å². The Balaban J connectivity index is 4.63. The zero-order valence-corrected chi connectivity index (χ0v) is 20.0. The summed E-state index contributed by atoms with van der Waals surface area (Å²) < 4.78 is 6.51. The van der Waals surface area contributed by atoms with Crippen LogP contribution in [-0.4, -0.2) is 24.4 Å². The predicted octanol–water partition coefficient (Wildman–Crippen LogP) is 6.54. The Labute approximate surface area is 145 Å². The van der Waals surface area contributed by atoms with Crippen molar-refractivity contribution in [3.8, 4) is 0 Å². The minimum atomic E-state index is -1.24. The lowest BCUT2D eigenvalue weighted by molar-refractivity contribution is 0.281. The standard InChI is InChI=1S/C19H44OSi2/c1-16(2,3)21(17(4,5)6)15-13-14-20-22(18(7,8)9)19(10,11)12/h21-22H,13-15H2,1-12H3. The van der Waals surface area contributed by atoms with E-state index in [1.807, 2.05) is 0 Å². The van der Waals surface area contributed by atoms with Gasteiger partial charge in [0.2, 0.25) is 0 Å². The molecule has 0 saturated heterocycles. The third kappa shape index (κ3) is 7.78. The average molecular weight is 345 g/mol. The van der Waals surface area contributed by atoms with E-state index in [-0.39, 0.29) is 0 Å². The van der Waals surface area contributed by atoms with Crippen molar-refractivity contribution >= 4 is 17.8 Å². The average Bonchev–Trinajstić information content (AvgIpc) is 2.14. The topological polar surface area (TPSA) is 9.23 Å². The van der Waals surface area contributed by atoms with Crippen LogP contribution >= 0.6 is 0 Å². The van der Waals surface area contributed by atoms with Crippen LogP contribution in [0.4, 0.5) is 0 Å². The summed E-state index contributed by atoms with van der Waals surface area (Å²) in [6, 6.07) is 1.41. The number of hydrogen-bond donors (Lipinski definition) is 0. The van der Waals surface area contributed by atoms with Crippen molar-refractivity contribution in [1.29, 1.82) is 0 Å². The normalized spacial score (nSPS) is 15.0. The van der Waals surface area contributed by atoms with E-state index in [0.717, 1.165) is 6.61 Å². The van der Waals surface area contributed by atoms with E-state index in [9.17, 15) is 0 Å². The van der Waals surface area contributed by atoms with Gasteiger partial charge in [-0.2, -0.15) is 0 Å². The van der Waals surface area contributed by atoms with Crippen molar-refractivity contribution in [2.24, 2.45) is 0 Å². The zero-order chi connectivity index (χ0) is 18.0. The minimum Gasteiger partial charge on any atom is -0.419 e. The van der Waals surface area contributed by atoms with Gasteiger partial charge in [-0.1, -0.05) is 89.1 Å². The Morgan fingerprint density at radius 1 is 0.591 bits per heavy atom. The fourth-order valence-corrected chi connectivity index (χ4v) is 13.4. The molecule has 0 aromatic rings. The van der Waals surface area contributed by atoms with Gasteiger partial charge >= 0.3 is 0 Å². The molecule has 0 bridgehead atoms. The van der Waals surface area contributed by atoms with Crippen LogP contribution in [-0.2, 0) is 4.43 Å². The predicted molar refractivity (Wildman–Crippen MR) is 109 cm³/mol. The van der Waals surface area contributed by atoms with Crippen LogP contribution in [0.15, 0.2) is 0 Å². The van der Waals surface area contributed by atoms with Gasteiger partial charge in [-0.05, 0) is 26.6 Å². The lowest BCUT2D eigenvalue weighted by atomic mass is 10.2. The van der Waals surface area contributed by atoms with Gasteiger partial charge in [-0.3, -0.25) is 0 Å². The first kappa shape index (κ1) is 22.4. The molecule has 0 unspecified atom stereocenters. The summed E-state index contributed by atoms with van der Waals surface area (Å²) in [7, 11) is -2.06. The van der Waals surface area contributed by atoms with Crippen LogP contribution in [0, 0.1) is 0 Å². The Kier molecular flexibility index (Phi) is 7.66. The molecule has 0 rings (SSSR count). The lowest BCUT2D eigenvalue weighted by Crippen LogP contribution is -2.39. The van der Waals surface area contributed by atoms with Gasteiger partial charge in [0, 0.05) is 15.4 Å². The molecule has 0 aliphatic rings. The third-order valence-corrected chi connectivity index (χ3v) is 13.5. The molecule has 0 fully saturated rings. The first-order valence-electron chi connectivity index (χ1n) is 9.09. The SMILES string of the molecule is CC(C)(C)[SiH](CCCO[SiH](C(C)(C)C)C(C)(C)C)C(C)(C)C. The molecule has 22 heavy (non-hydrogen) atoms. The molecule has 0 spiro atoms. The minimum absolute atomic E-state index is 0.336. The Morgan fingerprint density at radius 3 is 1.23 bits per heavy atom. The molecule has 0 aromatic heterocycles. The highest BCUT2D eigenvalue weighted by atomic mass is 28.3. The van der Waals surface area contributed by atoms with Gasteiger partial charge < -0.3 is 4.43 Å². The Hall–Kier alpha value is 0.394. The molecule has 0 aliphatic heterocycles. The van der Waals surface area contributed by atoms with Crippen LogP contribution in [0.2, 0.25) is 26.2 Å². The van der Waals surface area contributed by atoms with E-state index in [0.29, 0.717) is 20.2 Å². The van der Waals surface area contributed by atoms with E-state index in [2.05, 4.69) is 83.1 Å². The smallest absolute Gasteiger partial charge is 0.187 e. The molecule has 0 aromatic carbocycles. The lowest BCUT2D eigenvalue weighted by Gasteiger charge is -2.41. The summed E-state index contributed by atoms with van der Waals surface area (Å²) in [6.07, 6.45) is 1.25. The molecule has 1 nitrogen and oxygen atoms in total. The summed E-state index contributed by atoms with van der Waals surface area (Å²) in [5.41, 5.74) is 0. The van der Waals surface area contributed by atoms with Crippen molar-refractivity contribution in [1.82, 2.24) is 0 Å². The maximum atomic E-state index is 6.51. The zero-order valence-electron chi connectivity index (χ0n) is 17.7. The molecule has 0 amide bonds. The quantitative estimate of drug-likeness (QED) is 0.406. The van der Waals surface area contributed by atoms with Crippen LogP contribution in [0.25, 0.3) is 0 Å². The highest BCUT2D eigenvalue weighted by molar-refractivity contribution is 6.65. The second-order valence-corrected chi connectivity index (χ2v) is 21.1. The van der Waals surface area contributed by atoms with Crippen molar-refractivity contribution in [2.75, 3.05) is 6.61 Å². The third-order valence-electron chi connectivity index (χ3n) is 4.59. The van der Waals surface area contributed by atoms with Gasteiger partial charge in [0.05, 0.1) is 0 Å². The molecule has 0 saturated carbocycles. The molecule has 0 atom stereocenters. The van der Waals surface area contributed by atoms with Crippen LogP contribution < -0.4 is 0 Å². The summed E-state index contributed by atoms with van der Waals surface area (Å²) in [4.78, 5) is 0. The van der Waals surface area contributed by atoms with E-state index in [1.54, 1.807) is 0 Å². The van der Waals surface area contributed by atoms with Gasteiger partial charge in [0.15, 0.2) is 9.04 Å². The van der Waals surface area contributed by atoms with Gasteiger partial charge in [-0.15, -0.1) is 0 Å². The molecule has 0 aliphatic carbocycles. The summed E-state index contributed by atoms with van der Waals surface area (Å²) in [5.74, 6) is 0. The number of rotatable bonds is 5. The first-order valence-corrected chi connectivity index (χ1v) is 12.7. The van der Waals surface area contributed by atoms with Crippen molar-refractivity contribution in [2.45, 2.75) is 116 Å². The molecule has 134 valence electrons. The fraction of sp³-hybridized carbons (Fsp3) is 1.00. The van der Waals surface area contributed by atoms with Crippen molar-refractivity contribution < 1.29 is 4.43 Å². The second kappa shape index (κ2) is 7.52. The largest absolute Gasteiger partial charge is 0.419 e. The summed E-state index contributed by atoms with van der Waals surface area (Å²) >= 11 is 0. The number of hydrogen-bond acceptors (Lipinski definition) is 1. The monoisotopic (exact) mass is 344 g/mol. The van der Waals surface area contributed by atoms with E-state index >= 15 is 0 Å². The van der Waals surface area contributed by atoms with E-state index in [1.165, 1.54) is 12.5 Å². The van der Waals surface area contributed by atoms with Crippen LogP contribution in [0.1, 0.15) is 89.5 Å². The Morgan fingerprint density at radius 2 is 0.955 bits per heavy atom. The summed E-state index contributed by atoms with van der Waals surface area (Å²) in [5, 5.41) is 1.68. The molecular formula is C19H44OSi2. The highest BCUT2D eigenvalue weighted by Crippen LogP contribution is 2.45. The first-order chi connectivity index (χ1) is 9.47. The molecule has 0 N–H and O–H groups in total. The molecule has 0 heterocycles. The maximum absolute atomic E-state index is 6.51.